The SMILES string of the molecule is Cc1noc(CNC(=O)[C@@H]2CCCN(c3cc(-n4cncn4)ncn3)C2)n1. The molecule has 1 amide bonds. The van der Waals surface area contributed by atoms with E-state index in [1.54, 1.807) is 17.9 Å². The topological polar surface area (TPSA) is 128 Å². The number of aryl methyl sites for hydroxylation is 1. The number of nitrogens with zero attached hydrogens (tertiary/aromatic N) is 8. The number of hydrogen-bond acceptors (Lipinski definition) is 9. The Morgan fingerprint density at radius 1 is 1.33 bits per heavy atom. The maximum Gasteiger partial charge on any atom is 0.246 e. The molecule has 11 heteroatoms. The van der Waals surface area contributed by atoms with E-state index >= 15 is 0 Å². The Hall–Kier alpha value is -3.37. The molecule has 27 heavy (non-hydrogen) atoms. The quantitative estimate of drug-likeness (QED) is 0.674. The number of carbonyl (C=O) groups excluding carboxylic acids is 1. The Morgan fingerprint density at radius 3 is 3.00 bits per heavy atom. The molecule has 0 saturated carbocycles. The van der Waals surface area contributed by atoms with Gasteiger partial charge in [0.05, 0.1) is 12.5 Å². The van der Waals surface area contributed by atoms with Gasteiger partial charge in [-0.05, 0) is 19.8 Å². The first-order valence-electron chi connectivity index (χ1n) is 8.68. The van der Waals surface area contributed by atoms with Gasteiger partial charge in [0, 0.05) is 19.2 Å². The van der Waals surface area contributed by atoms with Gasteiger partial charge >= 0.3 is 0 Å². The molecule has 0 aromatic carbocycles. The molecule has 140 valence electrons. The van der Waals surface area contributed by atoms with Gasteiger partial charge in [-0.2, -0.15) is 10.1 Å². The Bertz CT molecular complexity index is 908. The monoisotopic (exact) mass is 369 g/mol. The van der Waals surface area contributed by atoms with Crippen LogP contribution >= 0.6 is 0 Å². The summed E-state index contributed by atoms with van der Waals surface area (Å²) in [6, 6.07) is 1.84. The van der Waals surface area contributed by atoms with Crippen LogP contribution in [0.1, 0.15) is 24.6 Å². The number of nitrogens with one attached hydrogen (secondary N) is 1. The number of amides is 1. The molecular formula is C16H19N9O2. The summed E-state index contributed by atoms with van der Waals surface area (Å²) in [4.78, 5) is 31.2. The van der Waals surface area contributed by atoms with E-state index in [0.717, 1.165) is 25.2 Å². The molecule has 1 N–H and O–H groups in total. The number of aromatic nitrogens is 7. The first kappa shape index (κ1) is 17.1. The number of rotatable bonds is 5. The highest BCUT2D eigenvalue weighted by molar-refractivity contribution is 5.79. The molecule has 0 unspecified atom stereocenters. The lowest BCUT2D eigenvalue weighted by molar-refractivity contribution is -0.125. The molecule has 1 aliphatic heterocycles. The van der Waals surface area contributed by atoms with E-state index in [9.17, 15) is 4.79 Å². The maximum absolute atomic E-state index is 12.5. The fourth-order valence-electron chi connectivity index (χ4n) is 3.08. The standard InChI is InChI=1S/C16H19N9O2/c1-11-22-15(27-23-11)6-18-16(26)12-3-2-4-24(7-12)13-5-14(20-9-19-13)25-10-17-8-21-25/h5,8-10,12H,2-4,6-7H2,1H3,(H,18,26)/t12-/m1/s1. The minimum absolute atomic E-state index is 0.0268. The molecule has 1 saturated heterocycles. The summed E-state index contributed by atoms with van der Waals surface area (Å²) in [5, 5.41) is 10.7. The van der Waals surface area contributed by atoms with Gasteiger partial charge in [-0.1, -0.05) is 5.16 Å². The molecule has 3 aromatic rings. The molecule has 0 spiro atoms. The van der Waals surface area contributed by atoms with Crippen LogP contribution in [-0.4, -0.2) is 53.9 Å². The number of hydrogen-bond donors (Lipinski definition) is 1. The predicted molar refractivity (Wildman–Crippen MR) is 92.8 cm³/mol. The Kier molecular flexibility index (Phi) is 4.73. The van der Waals surface area contributed by atoms with E-state index in [2.05, 4.69) is 40.4 Å². The predicted octanol–water partition coefficient (Wildman–Crippen LogP) is 0.282. The average molecular weight is 369 g/mol. The van der Waals surface area contributed by atoms with Crippen LogP contribution in [0.15, 0.2) is 29.6 Å². The first-order valence-corrected chi connectivity index (χ1v) is 8.68. The molecule has 4 rings (SSSR count). The van der Waals surface area contributed by atoms with Crippen molar-refractivity contribution in [3.8, 4) is 5.82 Å². The lowest BCUT2D eigenvalue weighted by Crippen LogP contribution is -2.43. The van der Waals surface area contributed by atoms with Gasteiger partial charge in [0.1, 0.15) is 24.8 Å². The van der Waals surface area contributed by atoms with Gasteiger partial charge in [-0.15, -0.1) is 0 Å². The van der Waals surface area contributed by atoms with E-state index in [4.69, 9.17) is 4.52 Å². The second-order valence-corrected chi connectivity index (χ2v) is 6.31. The maximum atomic E-state index is 12.5. The van der Waals surface area contributed by atoms with Crippen molar-refractivity contribution in [3.63, 3.8) is 0 Å². The molecule has 1 atom stereocenters. The van der Waals surface area contributed by atoms with Crippen molar-refractivity contribution in [1.82, 2.24) is 40.2 Å². The van der Waals surface area contributed by atoms with Crippen molar-refractivity contribution >= 4 is 11.7 Å². The van der Waals surface area contributed by atoms with Gasteiger partial charge < -0.3 is 14.7 Å². The molecular weight excluding hydrogens is 350 g/mol. The third-order valence-corrected chi connectivity index (χ3v) is 4.39. The minimum atomic E-state index is -0.132. The normalized spacial score (nSPS) is 17.1. The number of piperidine rings is 1. The lowest BCUT2D eigenvalue weighted by Gasteiger charge is -2.32. The van der Waals surface area contributed by atoms with Crippen molar-refractivity contribution in [2.45, 2.75) is 26.3 Å². The van der Waals surface area contributed by atoms with Crippen LogP contribution in [0.25, 0.3) is 5.82 Å². The molecule has 0 aliphatic carbocycles. The molecule has 3 aromatic heterocycles. The van der Waals surface area contributed by atoms with Crippen LogP contribution in [0.2, 0.25) is 0 Å². The van der Waals surface area contributed by atoms with E-state index in [1.165, 1.54) is 12.7 Å². The third kappa shape index (κ3) is 3.91. The zero-order chi connectivity index (χ0) is 18.6. The van der Waals surface area contributed by atoms with Crippen LogP contribution in [0.3, 0.4) is 0 Å². The molecule has 0 bridgehead atoms. The van der Waals surface area contributed by atoms with Crippen molar-refractivity contribution in [1.29, 1.82) is 0 Å². The fourth-order valence-corrected chi connectivity index (χ4v) is 3.08. The van der Waals surface area contributed by atoms with Crippen molar-refractivity contribution in [3.05, 3.63) is 36.8 Å². The van der Waals surface area contributed by atoms with Crippen LogP contribution in [0.4, 0.5) is 5.82 Å². The van der Waals surface area contributed by atoms with Crippen LogP contribution in [0.5, 0.6) is 0 Å². The summed E-state index contributed by atoms with van der Waals surface area (Å²) in [5.74, 6) is 2.20. The van der Waals surface area contributed by atoms with Gasteiger partial charge in [0.15, 0.2) is 11.6 Å². The van der Waals surface area contributed by atoms with Gasteiger partial charge in [-0.25, -0.2) is 19.6 Å². The lowest BCUT2D eigenvalue weighted by atomic mass is 9.97. The van der Waals surface area contributed by atoms with E-state index in [-0.39, 0.29) is 18.4 Å². The summed E-state index contributed by atoms with van der Waals surface area (Å²) >= 11 is 0. The summed E-state index contributed by atoms with van der Waals surface area (Å²) in [6.45, 7) is 3.40. The van der Waals surface area contributed by atoms with E-state index < -0.39 is 0 Å². The van der Waals surface area contributed by atoms with Gasteiger partial charge in [0.25, 0.3) is 0 Å². The Labute approximate surface area is 154 Å². The second kappa shape index (κ2) is 7.48. The Balaban J connectivity index is 1.40. The second-order valence-electron chi connectivity index (χ2n) is 6.31. The summed E-state index contributed by atoms with van der Waals surface area (Å²) < 4.78 is 6.60. The van der Waals surface area contributed by atoms with Gasteiger partial charge in [0.2, 0.25) is 11.8 Å². The van der Waals surface area contributed by atoms with Crippen molar-refractivity contribution in [2.24, 2.45) is 5.92 Å². The highest BCUT2D eigenvalue weighted by Crippen LogP contribution is 2.22. The van der Waals surface area contributed by atoms with Gasteiger partial charge in [-0.3, -0.25) is 4.79 Å². The fraction of sp³-hybridized carbons (Fsp3) is 0.438. The van der Waals surface area contributed by atoms with Crippen LogP contribution < -0.4 is 10.2 Å². The smallest absolute Gasteiger partial charge is 0.246 e. The van der Waals surface area contributed by atoms with Crippen molar-refractivity contribution in [2.75, 3.05) is 18.0 Å². The average Bonchev–Trinajstić information content (AvgIpc) is 3.38. The number of anilines is 1. The molecule has 11 nitrogen and oxygen atoms in total. The van der Waals surface area contributed by atoms with Crippen LogP contribution in [0, 0.1) is 12.8 Å². The van der Waals surface area contributed by atoms with E-state index in [1.807, 2.05) is 6.07 Å². The molecule has 4 heterocycles. The highest BCUT2D eigenvalue weighted by atomic mass is 16.5. The van der Waals surface area contributed by atoms with Crippen molar-refractivity contribution < 1.29 is 9.32 Å². The summed E-state index contributed by atoms with van der Waals surface area (Å²) in [7, 11) is 0. The zero-order valence-electron chi connectivity index (χ0n) is 14.8. The number of carbonyl (C=O) groups is 1. The minimum Gasteiger partial charge on any atom is -0.356 e. The molecule has 0 radical (unpaired) electrons. The largest absolute Gasteiger partial charge is 0.356 e. The summed E-state index contributed by atoms with van der Waals surface area (Å²) in [6.07, 6.45) is 6.26. The molecule has 1 fully saturated rings. The molecule has 1 aliphatic rings. The Morgan fingerprint density at radius 2 is 2.22 bits per heavy atom. The van der Waals surface area contributed by atoms with Crippen LogP contribution in [-0.2, 0) is 11.3 Å². The van der Waals surface area contributed by atoms with E-state index in [0.29, 0.717) is 24.1 Å². The summed E-state index contributed by atoms with van der Waals surface area (Å²) in [5.41, 5.74) is 0. The first-order chi connectivity index (χ1) is 13.2. The third-order valence-electron chi connectivity index (χ3n) is 4.39. The highest BCUT2D eigenvalue weighted by Gasteiger charge is 2.27. The zero-order valence-corrected chi connectivity index (χ0v) is 14.8.